The smallest absolute Gasteiger partial charge is 0.283 e. The van der Waals surface area contributed by atoms with E-state index in [0.29, 0.717) is 16.8 Å². The zero-order valence-corrected chi connectivity index (χ0v) is 22.6. The van der Waals surface area contributed by atoms with Gasteiger partial charge in [0.25, 0.3) is 5.91 Å². The average molecular weight is 497 g/mol. The molecule has 0 aromatic heterocycles. The summed E-state index contributed by atoms with van der Waals surface area (Å²) in [7, 11) is 0. The van der Waals surface area contributed by atoms with Crippen molar-refractivity contribution in [3.63, 3.8) is 0 Å². The summed E-state index contributed by atoms with van der Waals surface area (Å²) in [6.07, 6.45) is 1.82. The summed E-state index contributed by atoms with van der Waals surface area (Å²) in [5, 5.41) is 0.517. The van der Waals surface area contributed by atoms with E-state index in [1.165, 1.54) is 22.9 Å². The summed E-state index contributed by atoms with van der Waals surface area (Å²) in [4.78, 5) is 32.9. The molecule has 1 amide bonds. The van der Waals surface area contributed by atoms with Crippen LogP contribution in [0.15, 0.2) is 71.4 Å². The molecule has 0 aliphatic carbocycles. The van der Waals surface area contributed by atoms with Crippen LogP contribution < -0.4 is 4.90 Å². The topological polar surface area (TPSA) is 49.7 Å². The molecule has 0 unspecified atom stereocenters. The lowest BCUT2D eigenvalue weighted by Gasteiger charge is -2.18. The van der Waals surface area contributed by atoms with Crippen molar-refractivity contribution in [3.8, 4) is 0 Å². The van der Waals surface area contributed by atoms with E-state index in [2.05, 4.69) is 31.0 Å². The lowest BCUT2D eigenvalue weighted by molar-refractivity contribution is -0.113. The van der Waals surface area contributed by atoms with Crippen molar-refractivity contribution in [2.45, 2.75) is 47.5 Å². The number of ketones is 1. The van der Waals surface area contributed by atoms with Crippen molar-refractivity contribution in [1.82, 2.24) is 0 Å². The molecule has 0 N–H and O–H groups in total. The van der Waals surface area contributed by atoms with Gasteiger partial charge in [-0.2, -0.15) is 0 Å². The van der Waals surface area contributed by atoms with Gasteiger partial charge in [-0.3, -0.25) is 14.5 Å². The van der Waals surface area contributed by atoms with Crippen LogP contribution in [0.3, 0.4) is 0 Å². The molecule has 4 rings (SSSR count). The van der Waals surface area contributed by atoms with E-state index >= 15 is 0 Å². The van der Waals surface area contributed by atoms with Crippen molar-refractivity contribution in [2.75, 3.05) is 10.7 Å². The first-order valence-electron chi connectivity index (χ1n) is 12.2. The van der Waals surface area contributed by atoms with Gasteiger partial charge in [-0.1, -0.05) is 73.6 Å². The van der Waals surface area contributed by atoms with Gasteiger partial charge < -0.3 is 0 Å². The molecule has 0 saturated carbocycles. The molecular formula is C31H32N2O2S. The molecule has 0 spiro atoms. The van der Waals surface area contributed by atoms with E-state index in [1.807, 2.05) is 82.3 Å². The fraction of sp³-hybridized carbons (Fsp3) is 0.258. The summed E-state index contributed by atoms with van der Waals surface area (Å²) in [6.45, 7) is 12.3. The Morgan fingerprint density at radius 1 is 0.917 bits per heavy atom. The fourth-order valence-corrected chi connectivity index (χ4v) is 5.01. The molecular weight excluding hydrogens is 464 g/mol. The predicted octanol–water partition coefficient (Wildman–Crippen LogP) is 7.40. The molecule has 1 aliphatic heterocycles. The Morgan fingerprint density at radius 2 is 1.56 bits per heavy atom. The van der Waals surface area contributed by atoms with Gasteiger partial charge in [0.1, 0.15) is 5.70 Å². The maximum atomic E-state index is 13.5. The lowest BCUT2D eigenvalue weighted by Crippen LogP contribution is -2.30. The first-order chi connectivity index (χ1) is 17.1. The Morgan fingerprint density at radius 3 is 2.19 bits per heavy atom. The quantitative estimate of drug-likeness (QED) is 0.264. The number of amides is 1. The minimum absolute atomic E-state index is 0.0290. The number of thioether (sulfide) groups is 1. The first-order valence-corrected chi connectivity index (χ1v) is 13.2. The van der Waals surface area contributed by atoms with Crippen LogP contribution in [0.5, 0.6) is 0 Å². The highest BCUT2D eigenvalue weighted by Crippen LogP contribution is 2.30. The number of carbonyl (C=O) groups excluding carboxylic acids is 2. The molecule has 36 heavy (non-hydrogen) atoms. The van der Waals surface area contributed by atoms with Crippen LogP contribution in [0.2, 0.25) is 0 Å². The first kappa shape index (κ1) is 25.6. The van der Waals surface area contributed by atoms with Crippen LogP contribution in [0, 0.1) is 27.7 Å². The van der Waals surface area contributed by atoms with Gasteiger partial charge in [0, 0.05) is 5.56 Å². The second-order valence-electron chi connectivity index (χ2n) is 9.68. The number of hydrogen-bond donors (Lipinski definition) is 0. The third kappa shape index (κ3) is 5.52. The van der Waals surface area contributed by atoms with E-state index in [1.54, 1.807) is 4.90 Å². The van der Waals surface area contributed by atoms with Crippen LogP contribution >= 0.6 is 11.8 Å². The Bertz CT molecular complexity index is 1370. The number of nitrogens with zero attached hydrogens (tertiary/aromatic N) is 2. The van der Waals surface area contributed by atoms with Crippen LogP contribution in [0.1, 0.15) is 63.5 Å². The van der Waals surface area contributed by atoms with Crippen LogP contribution in [0.25, 0.3) is 6.08 Å². The molecule has 4 nitrogen and oxygen atoms in total. The highest BCUT2D eigenvalue weighted by atomic mass is 32.2. The molecule has 3 aromatic carbocycles. The van der Waals surface area contributed by atoms with E-state index in [4.69, 9.17) is 0 Å². The van der Waals surface area contributed by atoms with Crippen LogP contribution in [-0.4, -0.2) is 22.6 Å². The number of aliphatic imine (C=N–C) groups is 1. The average Bonchev–Trinajstić information content (AvgIpc) is 3.15. The molecule has 0 bridgehead atoms. The van der Waals surface area contributed by atoms with Gasteiger partial charge in [0.2, 0.25) is 0 Å². The number of Topliss-reactive ketones (excluding diaryl/α,β-unsaturated/α-hetero) is 1. The van der Waals surface area contributed by atoms with Crippen molar-refractivity contribution in [1.29, 1.82) is 0 Å². The molecule has 5 heteroatoms. The van der Waals surface area contributed by atoms with Gasteiger partial charge in [-0.25, -0.2) is 4.99 Å². The van der Waals surface area contributed by atoms with Crippen molar-refractivity contribution in [2.24, 2.45) is 4.99 Å². The number of hydrogen-bond acceptors (Lipinski definition) is 4. The third-order valence-corrected chi connectivity index (χ3v) is 7.44. The molecule has 0 radical (unpaired) electrons. The van der Waals surface area contributed by atoms with Crippen LogP contribution in [-0.2, 0) is 4.79 Å². The van der Waals surface area contributed by atoms with Gasteiger partial charge in [-0.15, -0.1) is 0 Å². The maximum absolute atomic E-state index is 13.5. The number of carbonyl (C=O) groups is 2. The minimum atomic E-state index is -0.191. The molecule has 0 saturated heterocycles. The van der Waals surface area contributed by atoms with Crippen LogP contribution in [0.4, 0.5) is 5.69 Å². The number of rotatable bonds is 6. The molecule has 0 fully saturated rings. The molecule has 1 aliphatic rings. The monoisotopic (exact) mass is 496 g/mol. The number of aryl methyl sites for hydroxylation is 4. The molecule has 3 aromatic rings. The summed E-state index contributed by atoms with van der Waals surface area (Å²) < 4.78 is 0. The Balaban J connectivity index is 1.63. The number of anilines is 1. The Kier molecular flexibility index (Phi) is 7.60. The predicted molar refractivity (Wildman–Crippen MR) is 152 cm³/mol. The van der Waals surface area contributed by atoms with Gasteiger partial charge in [0.05, 0.1) is 11.4 Å². The second kappa shape index (κ2) is 10.7. The molecule has 184 valence electrons. The zero-order valence-electron chi connectivity index (χ0n) is 21.8. The third-order valence-electron chi connectivity index (χ3n) is 6.50. The summed E-state index contributed by atoms with van der Waals surface area (Å²) in [5.74, 6) is 0.482. The SMILES string of the molecule is Cc1ccc(N2C(=O)C(=Cc3ccc(C(C)C)cc3)N=C2SCC(=O)c2cc(C)c(C)cc2C)cc1. The fourth-order valence-electron chi connectivity index (χ4n) is 4.12. The van der Waals surface area contributed by atoms with Gasteiger partial charge in [-0.05, 0) is 85.7 Å². The summed E-state index contributed by atoms with van der Waals surface area (Å²) in [6, 6.07) is 20.0. The normalized spacial score (nSPS) is 14.6. The number of amidine groups is 1. The summed E-state index contributed by atoms with van der Waals surface area (Å²) in [5.41, 5.74) is 8.33. The van der Waals surface area contributed by atoms with Crippen molar-refractivity contribution >= 4 is 40.4 Å². The van der Waals surface area contributed by atoms with Crippen molar-refractivity contribution in [3.05, 3.63) is 105 Å². The Labute approximate surface area is 218 Å². The second-order valence-corrected chi connectivity index (χ2v) is 10.6. The molecule has 1 heterocycles. The van der Waals surface area contributed by atoms with Gasteiger partial charge in [0.15, 0.2) is 11.0 Å². The highest BCUT2D eigenvalue weighted by molar-refractivity contribution is 8.14. The Hall–Kier alpha value is -3.44. The van der Waals surface area contributed by atoms with E-state index < -0.39 is 0 Å². The zero-order chi connectivity index (χ0) is 26.0. The lowest BCUT2D eigenvalue weighted by atomic mass is 9.99. The molecule has 0 atom stereocenters. The minimum Gasteiger partial charge on any atom is -0.293 e. The highest BCUT2D eigenvalue weighted by Gasteiger charge is 2.32. The van der Waals surface area contributed by atoms with E-state index in [-0.39, 0.29) is 17.4 Å². The summed E-state index contributed by atoms with van der Waals surface area (Å²) >= 11 is 1.30. The largest absolute Gasteiger partial charge is 0.293 e. The van der Waals surface area contributed by atoms with E-state index in [9.17, 15) is 9.59 Å². The van der Waals surface area contributed by atoms with E-state index in [0.717, 1.165) is 33.5 Å². The standard InChI is InChI=1S/C31H32N2O2S/c1-19(2)25-11-9-24(10-12-25)17-28-30(35)33(26-13-7-20(3)8-14-26)31(32-28)36-18-29(34)27-16-22(5)21(4)15-23(27)6/h7-17,19H,18H2,1-6H3. The maximum Gasteiger partial charge on any atom is 0.283 e. The van der Waals surface area contributed by atoms with Crippen molar-refractivity contribution < 1.29 is 9.59 Å². The van der Waals surface area contributed by atoms with Gasteiger partial charge >= 0.3 is 0 Å². The number of benzene rings is 3.